The van der Waals surface area contributed by atoms with Gasteiger partial charge < -0.3 is 9.73 Å². The van der Waals surface area contributed by atoms with Gasteiger partial charge in [0.05, 0.1) is 29.5 Å². The van der Waals surface area contributed by atoms with Crippen LogP contribution in [0.4, 0.5) is 0 Å². The van der Waals surface area contributed by atoms with Gasteiger partial charge in [0.1, 0.15) is 11.5 Å². The van der Waals surface area contributed by atoms with Crippen molar-refractivity contribution in [2.45, 2.75) is 25.3 Å². The Morgan fingerprint density at radius 3 is 3.00 bits per heavy atom. The molecular formula is C17H15N3O2. The largest absolute Gasteiger partial charge is 0.469 e. The second kappa shape index (κ2) is 5.26. The first-order valence-electron chi connectivity index (χ1n) is 7.40. The van der Waals surface area contributed by atoms with Crippen molar-refractivity contribution in [1.29, 1.82) is 0 Å². The number of carbonyl (C=O) groups is 1. The van der Waals surface area contributed by atoms with E-state index in [2.05, 4.69) is 15.3 Å². The van der Waals surface area contributed by atoms with E-state index in [9.17, 15) is 4.79 Å². The number of fused-ring (bicyclic) bond motifs is 2. The number of rotatable bonds is 2. The van der Waals surface area contributed by atoms with Gasteiger partial charge in [0.25, 0.3) is 5.91 Å². The zero-order valence-corrected chi connectivity index (χ0v) is 12.0. The maximum atomic E-state index is 12.4. The summed E-state index contributed by atoms with van der Waals surface area (Å²) in [6, 6.07) is 9.45. The molecular weight excluding hydrogens is 278 g/mol. The van der Waals surface area contributed by atoms with E-state index in [4.69, 9.17) is 4.42 Å². The first-order chi connectivity index (χ1) is 10.8. The van der Waals surface area contributed by atoms with Crippen LogP contribution in [0.2, 0.25) is 0 Å². The molecule has 5 heteroatoms. The highest BCUT2D eigenvalue weighted by Gasteiger charge is 2.24. The van der Waals surface area contributed by atoms with Gasteiger partial charge in [-0.15, -0.1) is 0 Å². The Bertz CT molecular complexity index is 841. The maximum Gasteiger partial charge on any atom is 0.271 e. The number of hydrogen-bond acceptors (Lipinski definition) is 4. The number of amides is 1. The van der Waals surface area contributed by atoms with Crippen molar-refractivity contribution in [1.82, 2.24) is 15.3 Å². The van der Waals surface area contributed by atoms with Crippen LogP contribution in [0.25, 0.3) is 11.0 Å². The van der Waals surface area contributed by atoms with Crippen LogP contribution < -0.4 is 5.32 Å². The molecule has 1 unspecified atom stereocenters. The molecule has 1 aromatic carbocycles. The second-order valence-electron chi connectivity index (χ2n) is 5.46. The Morgan fingerprint density at radius 1 is 1.23 bits per heavy atom. The molecule has 5 nitrogen and oxygen atoms in total. The van der Waals surface area contributed by atoms with E-state index in [0.29, 0.717) is 5.69 Å². The molecule has 1 amide bonds. The van der Waals surface area contributed by atoms with Crippen LogP contribution in [0.15, 0.2) is 47.2 Å². The molecule has 0 saturated heterocycles. The van der Waals surface area contributed by atoms with E-state index in [0.717, 1.165) is 41.6 Å². The van der Waals surface area contributed by atoms with Crippen LogP contribution in [-0.4, -0.2) is 15.9 Å². The highest BCUT2D eigenvalue weighted by Crippen LogP contribution is 2.30. The Balaban J connectivity index is 1.59. The van der Waals surface area contributed by atoms with Crippen LogP contribution in [0.1, 0.15) is 40.7 Å². The average Bonchev–Trinajstić information content (AvgIpc) is 3.04. The minimum atomic E-state index is -0.197. The van der Waals surface area contributed by atoms with E-state index >= 15 is 0 Å². The number of carbonyl (C=O) groups excluding carboxylic acids is 1. The van der Waals surface area contributed by atoms with E-state index in [1.54, 1.807) is 6.26 Å². The molecule has 110 valence electrons. The molecule has 1 aliphatic carbocycles. The highest BCUT2D eigenvalue weighted by atomic mass is 16.3. The Morgan fingerprint density at radius 2 is 2.09 bits per heavy atom. The molecule has 1 N–H and O–H groups in total. The summed E-state index contributed by atoms with van der Waals surface area (Å²) >= 11 is 0. The van der Waals surface area contributed by atoms with Crippen molar-refractivity contribution in [2.75, 3.05) is 0 Å². The third-order valence-corrected chi connectivity index (χ3v) is 4.04. The van der Waals surface area contributed by atoms with Gasteiger partial charge in [0.15, 0.2) is 0 Å². The number of furan rings is 1. The van der Waals surface area contributed by atoms with Gasteiger partial charge in [-0.25, -0.2) is 4.98 Å². The van der Waals surface area contributed by atoms with Crippen LogP contribution >= 0.6 is 0 Å². The number of nitrogens with zero attached hydrogens (tertiary/aromatic N) is 2. The average molecular weight is 293 g/mol. The highest BCUT2D eigenvalue weighted by molar-refractivity contribution is 5.94. The summed E-state index contributed by atoms with van der Waals surface area (Å²) in [5.41, 5.74) is 2.93. The first-order valence-corrected chi connectivity index (χ1v) is 7.40. The van der Waals surface area contributed by atoms with Gasteiger partial charge >= 0.3 is 0 Å². The van der Waals surface area contributed by atoms with Gasteiger partial charge in [-0.05, 0) is 31.0 Å². The Labute approximate surface area is 127 Å². The summed E-state index contributed by atoms with van der Waals surface area (Å²) in [6.07, 6.45) is 6.07. The number of hydrogen-bond donors (Lipinski definition) is 1. The number of nitrogens with one attached hydrogen (secondary N) is 1. The fourth-order valence-corrected chi connectivity index (χ4v) is 2.94. The molecule has 1 aliphatic rings. The summed E-state index contributed by atoms with van der Waals surface area (Å²) in [5.74, 6) is 0.776. The predicted molar refractivity (Wildman–Crippen MR) is 81.4 cm³/mol. The molecule has 2 heterocycles. The number of aryl methyl sites for hydroxylation is 1. The van der Waals surface area contributed by atoms with Gasteiger partial charge in [-0.3, -0.25) is 9.78 Å². The maximum absolute atomic E-state index is 12.4. The fraction of sp³-hybridized carbons (Fsp3) is 0.235. The standard InChI is InChI=1S/C17H15N3O2/c21-17(15-10-18-13-4-1-2-5-14(13)19-15)20-12-6-3-7-16-11(12)8-9-22-16/h1-2,4-5,8-10,12H,3,6-7H2,(H,20,21). The third kappa shape index (κ3) is 2.24. The molecule has 0 saturated carbocycles. The molecule has 0 bridgehead atoms. The molecule has 0 radical (unpaired) electrons. The molecule has 3 aromatic rings. The molecule has 1 atom stereocenters. The van der Waals surface area contributed by atoms with Gasteiger partial charge in [0.2, 0.25) is 0 Å². The van der Waals surface area contributed by atoms with Crippen LogP contribution in [0.3, 0.4) is 0 Å². The number of para-hydroxylation sites is 2. The first kappa shape index (κ1) is 13.0. The number of benzene rings is 1. The van der Waals surface area contributed by atoms with Crippen molar-refractivity contribution in [3.05, 3.63) is 59.8 Å². The second-order valence-corrected chi connectivity index (χ2v) is 5.46. The lowest BCUT2D eigenvalue weighted by Gasteiger charge is -2.22. The van der Waals surface area contributed by atoms with Crippen LogP contribution in [-0.2, 0) is 6.42 Å². The monoisotopic (exact) mass is 293 g/mol. The van der Waals surface area contributed by atoms with Gasteiger partial charge in [-0.1, -0.05) is 12.1 Å². The Kier molecular flexibility index (Phi) is 3.11. The van der Waals surface area contributed by atoms with Crippen LogP contribution in [0, 0.1) is 0 Å². The van der Waals surface area contributed by atoms with Crippen molar-refractivity contribution in [2.24, 2.45) is 0 Å². The lowest BCUT2D eigenvalue weighted by Crippen LogP contribution is -2.31. The van der Waals surface area contributed by atoms with Crippen molar-refractivity contribution >= 4 is 16.9 Å². The predicted octanol–water partition coefficient (Wildman–Crippen LogP) is 3.03. The zero-order chi connectivity index (χ0) is 14.9. The van der Waals surface area contributed by atoms with E-state index in [1.807, 2.05) is 30.3 Å². The minimum absolute atomic E-state index is 0.0109. The number of aromatic nitrogens is 2. The molecule has 4 rings (SSSR count). The van der Waals surface area contributed by atoms with E-state index in [-0.39, 0.29) is 11.9 Å². The van der Waals surface area contributed by atoms with Gasteiger partial charge in [-0.2, -0.15) is 0 Å². The molecule has 0 aliphatic heterocycles. The van der Waals surface area contributed by atoms with E-state index in [1.165, 1.54) is 6.20 Å². The summed E-state index contributed by atoms with van der Waals surface area (Å²) in [6.45, 7) is 0. The van der Waals surface area contributed by atoms with Gasteiger partial charge in [0, 0.05) is 12.0 Å². The third-order valence-electron chi connectivity index (χ3n) is 4.04. The smallest absolute Gasteiger partial charge is 0.271 e. The fourth-order valence-electron chi connectivity index (χ4n) is 2.94. The summed E-state index contributed by atoms with van der Waals surface area (Å²) in [4.78, 5) is 21.1. The summed E-state index contributed by atoms with van der Waals surface area (Å²) < 4.78 is 5.45. The molecule has 0 fully saturated rings. The molecule has 2 aromatic heterocycles. The van der Waals surface area contributed by atoms with Crippen molar-refractivity contribution in [3.63, 3.8) is 0 Å². The quantitative estimate of drug-likeness (QED) is 0.788. The zero-order valence-electron chi connectivity index (χ0n) is 12.0. The summed E-state index contributed by atoms with van der Waals surface area (Å²) in [5, 5.41) is 3.04. The van der Waals surface area contributed by atoms with Crippen molar-refractivity contribution < 1.29 is 9.21 Å². The molecule has 0 spiro atoms. The molecule has 22 heavy (non-hydrogen) atoms. The topological polar surface area (TPSA) is 68.0 Å². The minimum Gasteiger partial charge on any atom is -0.469 e. The normalized spacial score (nSPS) is 17.2. The van der Waals surface area contributed by atoms with Crippen LogP contribution in [0.5, 0.6) is 0 Å². The lowest BCUT2D eigenvalue weighted by molar-refractivity contribution is 0.0927. The Hall–Kier alpha value is -2.69. The SMILES string of the molecule is O=C(NC1CCCc2occc21)c1cnc2ccccc2n1. The lowest BCUT2D eigenvalue weighted by atomic mass is 9.93. The van der Waals surface area contributed by atoms with E-state index < -0.39 is 0 Å². The van der Waals surface area contributed by atoms with Crippen molar-refractivity contribution in [3.8, 4) is 0 Å². The summed E-state index contributed by atoms with van der Waals surface area (Å²) in [7, 11) is 0.